The van der Waals surface area contributed by atoms with E-state index in [9.17, 15) is 9.18 Å². The zero-order chi connectivity index (χ0) is 20.4. The van der Waals surface area contributed by atoms with Crippen molar-refractivity contribution in [2.75, 3.05) is 36.4 Å². The molecule has 1 fully saturated rings. The van der Waals surface area contributed by atoms with Gasteiger partial charge in [0.1, 0.15) is 11.6 Å². The number of aromatic nitrogens is 4. The highest BCUT2D eigenvalue weighted by Gasteiger charge is 2.25. The van der Waals surface area contributed by atoms with Gasteiger partial charge >= 0.3 is 0 Å². The minimum atomic E-state index is -0.680. The van der Waals surface area contributed by atoms with Crippen molar-refractivity contribution in [3.05, 3.63) is 58.8 Å². The fourth-order valence-electron chi connectivity index (χ4n) is 3.14. The third-order valence-corrected chi connectivity index (χ3v) is 5.06. The molecular formula is C19H19ClFN7O. The fraction of sp³-hybridized carbons (Fsp3) is 0.263. The number of amides is 1. The van der Waals surface area contributed by atoms with E-state index in [0.29, 0.717) is 37.8 Å². The summed E-state index contributed by atoms with van der Waals surface area (Å²) < 4.78 is 14.2. The molecule has 2 N–H and O–H groups in total. The molecule has 1 aromatic carbocycles. The number of hydrogen-bond donors (Lipinski definition) is 2. The Labute approximate surface area is 171 Å². The Morgan fingerprint density at radius 2 is 2.03 bits per heavy atom. The van der Waals surface area contributed by atoms with E-state index in [1.807, 2.05) is 11.8 Å². The second-order valence-corrected chi connectivity index (χ2v) is 7.05. The molecule has 1 aliphatic rings. The van der Waals surface area contributed by atoms with Crippen LogP contribution in [-0.2, 0) is 0 Å². The maximum Gasteiger partial charge on any atom is 0.257 e. The first-order valence-corrected chi connectivity index (χ1v) is 9.49. The lowest BCUT2D eigenvalue weighted by atomic mass is 10.1. The summed E-state index contributed by atoms with van der Waals surface area (Å²) in [6.07, 6.45) is 3.36. The molecule has 0 spiro atoms. The van der Waals surface area contributed by atoms with Crippen LogP contribution in [0, 0.1) is 12.7 Å². The number of nitrogens with zero attached hydrogens (tertiary/aromatic N) is 5. The Morgan fingerprint density at radius 3 is 2.76 bits per heavy atom. The van der Waals surface area contributed by atoms with Crippen LogP contribution in [0.2, 0.25) is 5.02 Å². The van der Waals surface area contributed by atoms with Gasteiger partial charge in [-0.1, -0.05) is 17.7 Å². The van der Waals surface area contributed by atoms with Gasteiger partial charge in [0.2, 0.25) is 0 Å². The minimum Gasteiger partial charge on any atom is -0.352 e. The Balaban J connectivity index is 1.44. The molecule has 10 heteroatoms. The van der Waals surface area contributed by atoms with Gasteiger partial charge in [-0.05, 0) is 19.1 Å². The molecule has 0 bridgehead atoms. The monoisotopic (exact) mass is 415 g/mol. The van der Waals surface area contributed by atoms with E-state index in [1.165, 1.54) is 12.1 Å². The minimum absolute atomic E-state index is 0.00730. The van der Waals surface area contributed by atoms with Crippen LogP contribution >= 0.6 is 11.6 Å². The molecular weight excluding hydrogens is 397 g/mol. The highest BCUT2D eigenvalue weighted by molar-refractivity contribution is 6.31. The molecule has 0 atom stereocenters. The first kappa shape index (κ1) is 19.1. The summed E-state index contributed by atoms with van der Waals surface area (Å²) in [7, 11) is 0. The fourth-order valence-corrected chi connectivity index (χ4v) is 3.32. The van der Waals surface area contributed by atoms with Gasteiger partial charge in [-0.25, -0.2) is 9.37 Å². The predicted molar refractivity (Wildman–Crippen MR) is 108 cm³/mol. The van der Waals surface area contributed by atoms with Crippen LogP contribution in [0.25, 0.3) is 0 Å². The number of aryl methyl sites for hydroxylation is 1. The van der Waals surface area contributed by atoms with E-state index in [4.69, 9.17) is 11.6 Å². The number of carbonyl (C=O) groups excluding carboxylic acids is 1. The van der Waals surface area contributed by atoms with Gasteiger partial charge in [-0.2, -0.15) is 5.10 Å². The smallest absolute Gasteiger partial charge is 0.257 e. The molecule has 3 aromatic rings. The molecule has 1 saturated heterocycles. The van der Waals surface area contributed by atoms with Gasteiger partial charge in [0.15, 0.2) is 11.6 Å². The van der Waals surface area contributed by atoms with Crippen molar-refractivity contribution in [1.82, 2.24) is 25.1 Å². The summed E-state index contributed by atoms with van der Waals surface area (Å²) in [6.45, 7) is 3.89. The number of rotatable bonds is 4. The van der Waals surface area contributed by atoms with E-state index in [-0.39, 0.29) is 16.5 Å². The van der Waals surface area contributed by atoms with Crippen molar-refractivity contribution in [3.8, 4) is 0 Å². The third kappa shape index (κ3) is 4.00. The quantitative estimate of drug-likeness (QED) is 0.680. The SMILES string of the molecule is Cc1ncc(N2CCN(C(=O)c3cccc(Cl)c3F)CC2)nc1Nc1ccn[nH]1. The zero-order valence-electron chi connectivity index (χ0n) is 15.7. The van der Waals surface area contributed by atoms with Gasteiger partial charge in [0.25, 0.3) is 5.91 Å². The molecule has 1 aliphatic heterocycles. The molecule has 0 saturated carbocycles. The normalized spacial score (nSPS) is 14.2. The lowest BCUT2D eigenvalue weighted by Crippen LogP contribution is -2.49. The van der Waals surface area contributed by atoms with Crippen LogP contribution < -0.4 is 10.2 Å². The Kier molecular flexibility index (Phi) is 5.30. The van der Waals surface area contributed by atoms with Gasteiger partial charge < -0.3 is 15.1 Å². The van der Waals surface area contributed by atoms with Crippen molar-refractivity contribution in [1.29, 1.82) is 0 Å². The summed E-state index contributed by atoms with van der Waals surface area (Å²) in [5.74, 6) is 1.02. The maximum absolute atomic E-state index is 14.2. The Morgan fingerprint density at radius 1 is 1.24 bits per heavy atom. The molecule has 8 nitrogen and oxygen atoms in total. The van der Waals surface area contributed by atoms with E-state index in [0.717, 1.165) is 11.5 Å². The zero-order valence-corrected chi connectivity index (χ0v) is 16.4. The number of aromatic amines is 1. The summed E-state index contributed by atoms with van der Waals surface area (Å²) in [5, 5.41) is 9.83. The van der Waals surface area contributed by atoms with Crippen molar-refractivity contribution >= 4 is 35.0 Å². The van der Waals surface area contributed by atoms with E-state index >= 15 is 0 Å². The Hall–Kier alpha value is -3.20. The van der Waals surface area contributed by atoms with E-state index < -0.39 is 5.82 Å². The molecule has 0 radical (unpaired) electrons. The highest BCUT2D eigenvalue weighted by Crippen LogP contribution is 2.22. The molecule has 0 aliphatic carbocycles. The summed E-state index contributed by atoms with van der Waals surface area (Å²) in [6, 6.07) is 6.25. The number of halogens is 2. The summed E-state index contributed by atoms with van der Waals surface area (Å²) in [4.78, 5) is 25.4. The number of benzene rings is 1. The van der Waals surface area contributed by atoms with Gasteiger partial charge in [-0.15, -0.1) is 0 Å². The van der Waals surface area contributed by atoms with Crippen molar-refractivity contribution < 1.29 is 9.18 Å². The number of nitrogens with one attached hydrogen (secondary N) is 2. The van der Waals surface area contributed by atoms with Crippen molar-refractivity contribution in [2.45, 2.75) is 6.92 Å². The lowest BCUT2D eigenvalue weighted by Gasteiger charge is -2.35. The summed E-state index contributed by atoms with van der Waals surface area (Å²) >= 11 is 5.80. The number of carbonyl (C=O) groups is 1. The number of anilines is 3. The van der Waals surface area contributed by atoms with Crippen molar-refractivity contribution in [3.63, 3.8) is 0 Å². The van der Waals surface area contributed by atoms with Gasteiger partial charge in [0, 0.05) is 32.2 Å². The second kappa shape index (κ2) is 8.04. The van der Waals surface area contributed by atoms with Crippen LogP contribution in [0.5, 0.6) is 0 Å². The van der Waals surface area contributed by atoms with E-state index in [1.54, 1.807) is 29.4 Å². The highest BCUT2D eigenvalue weighted by atomic mass is 35.5. The molecule has 1 amide bonds. The second-order valence-electron chi connectivity index (χ2n) is 6.64. The van der Waals surface area contributed by atoms with Crippen LogP contribution in [0.3, 0.4) is 0 Å². The van der Waals surface area contributed by atoms with Crippen LogP contribution in [0.4, 0.5) is 21.8 Å². The molecule has 29 heavy (non-hydrogen) atoms. The molecule has 2 aromatic heterocycles. The number of H-pyrrole nitrogens is 1. The Bertz CT molecular complexity index is 1020. The van der Waals surface area contributed by atoms with Crippen LogP contribution in [-0.4, -0.2) is 57.2 Å². The number of piperazine rings is 1. The average molecular weight is 416 g/mol. The molecule has 0 unspecified atom stereocenters. The topological polar surface area (TPSA) is 90.0 Å². The standard InChI is InChI=1S/C19H19ClFN7O/c1-12-18(24-15-5-6-23-26-15)25-16(11-22-12)27-7-9-28(10-8-27)19(29)13-3-2-4-14(20)17(13)21/h2-6,11H,7-10H2,1H3,(H2,23,24,25,26). The molecule has 150 valence electrons. The van der Waals surface area contributed by atoms with Gasteiger partial charge in [-0.3, -0.25) is 14.9 Å². The third-order valence-electron chi connectivity index (χ3n) is 4.77. The van der Waals surface area contributed by atoms with Crippen molar-refractivity contribution in [2.24, 2.45) is 0 Å². The van der Waals surface area contributed by atoms with Crippen LogP contribution in [0.1, 0.15) is 16.1 Å². The summed E-state index contributed by atoms with van der Waals surface area (Å²) in [5.41, 5.74) is 0.751. The van der Waals surface area contributed by atoms with E-state index in [2.05, 4.69) is 25.5 Å². The molecule has 4 rings (SSSR count). The molecule has 3 heterocycles. The largest absolute Gasteiger partial charge is 0.352 e. The lowest BCUT2D eigenvalue weighted by molar-refractivity contribution is 0.0742. The first-order chi connectivity index (χ1) is 14.0. The predicted octanol–water partition coefficient (Wildman–Crippen LogP) is 3.01. The van der Waals surface area contributed by atoms with Crippen LogP contribution in [0.15, 0.2) is 36.7 Å². The maximum atomic E-state index is 14.2. The number of hydrogen-bond acceptors (Lipinski definition) is 6. The first-order valence-electron chi connectivity index (χ1n) is 9.11. The average Bonchev–Trinajstić information content (AvgIpc) is 3.24. The van der Waals surface area contributed by atoms with Gasteiger partial charge in [0.05, 0.1) is 28.7 Å².